The van der Waals surface area contributed by atoms with Gasteiger partial charge in [0.05, 0.1) is 22.7 Å². The van der Waals surface area contributed by atoms with Crippen molar-refractivity contribution in [2.75, 3.05) is 7.11 Å². The van der Waals surface area contributed by atoms with Gasteiger partial charge in [0, 0.05) is 18.9 Å². The van der Waals surface area contributed by atoms with Crippen LogP contribution < -0.4 is 4.74 Å². The third-order valence-corrected chi connectivity index (χ3v) is 4.27. The quantitative estimate of drug-likeness (QED) is 0.779. The van der Waals surface area contributed by atoms with Crippen LogP contribution in [-0.2, 0) is 6.42 Å². The minimum absolute atomic E-state index is 0.0949. The Labute approximate surface area is 123 Å². The number of rotatable bonds is 5. The molecule has 0 saturated heterocycles. The molecule has 0 unspecified atom stereocenters. The molecule has 2 aromatic rings. The molecule has 0 bridgehead atoms. The van der Waals surface area contributed by atoms with E-state index in [4.69, 9.17) is 4.74 Å². The number of nitrogens with zero attached hydrogens (tertiary/aromatic N) is 1. The van der Waals surface area contributed by atoms with E-state index in [0.29, 0.717) is 6.42 Å². The summed E-state index contributed by atoms with van der Waals surface area (Å²) in [6.45, 7) is 5.73. The molecule has 20 heavy (non-hydrogen) atoms. The van der Waals surface area contributed by atoms with E-state index < -0.39 is 0 Å². The number of hydrogen-bond donors (Lipinski definition) is 0. The van der Waals surface area contributed by atoms with Gasteiger partial charge in [-0.2, -0.15) is 0 Å². The van der Waals surface area contributed by atoms with Crippen molar-refractivity contribution >= 4 is 17.1 Å². The number of methoxy groups -OCH3 is 1. The van der Waals surface area contributed by atoms with E-state index >= 15 is 0 Å². The highest BCUT2D eigenvalue weighted by atomic mass is 32.1. The van der Waals surface area contributed by atoms with Crippen molar-refractivity contribution in [1.29, 1.82) is 0 Å². The molecule has 3 nitrogen and oxygen atoms in total. The molecule has 0 N–H and O–H groups in total. The SMILES string of the molecule is COc1ccccc1Cc1nc(C(C)C)c(C(C)=O)s1. The smallest absolute Gasteiger partial charge is 0.171 e. The number of ether oxygens (including phenoxy) is 1. The van der Waals surface area contributed by atoms with E-state index in [-0.39, 0.29) is 11.7 Å². The first-order valence-corrected chi connectivity index (χ1v) is 7.47. The van der Waals surface area contributed by atoms with Crippen molar-refractivity contribution in [3.05, 3.63) is 45.4 Å². The lowest BCUT2D eigenvalue weighted by atomic mass is 10.1. The first-order chi connectivity index (χ1) is 9.52. The fourth-order valence-electron chi connectivity index (χ4n) is 2.11. The Morgan fingerprint density at radius 2 is 2.05 bits per heavy atom. The molecule has 0 saturated carbocycles. The second-order valence-electron chi connectivity index (χ2n) is 5.02. The molecule has 0 spiro atoms. The maximum atomic E-state index is 11.7. The largest absolute Gasteiger partial charge is 0.496 e. The predicted molar refractivity (Wildman–Crippen MR) is 82.0 cm³/mol. The second-order valence-corrected chi connectivity index (χ2v) is 6.11. The summed E-state index contributed by atoms with van der Waals surface area (Å²) >= 11 is 1.49. The number of carbonyl (C=O) groups is 1. The van der Waals surface area contributed by atoms with Crippen LogP contribution in [0.3, 0.4) is 0 Å². The summed E-state index contributed by atoms with van der Waals surface area (Å²) in [7, 11) is 1.67. The van der Waals surface area contributed by atoms with Crippen LogP contribution in [-0.4, -0.2) is 17.9 Å². The third kappa shape index (κ3) is 3.07. The maximum absolute atomic E-state index is 11.7. The van der Waals surface area contributed by atoms with Crippen LogP contribution in [0.4, 0.5) is 0 Å². The number of carbonyl (C=O) groups excluding carboxylic acids is 1. The van der Waals surface area contributed by atoms with E-state index in [1.54, 1.807) is 14.0 Å². The molecule has 4 heteroatoms. The zero-order valence-electron chi connectivity index (χ0n) is 12.3. The number of Topliss-reactive ketones (excluding diaryl/α,β-unsaturated/α-hetero) is 1. The molecular weight excluding hydrogens is 270 g/mol. The number of para-hydroxylation sites is 1. The van der Waals surface area contributed by atoms with Crippen molar-refractivity contribution in [2.45, 2.75) is 33.1 Å². The van der Waals surface area contributed by atoms with Gasteiger partial charge in [-0.25, -0.2) is 4.98 Å². The third-order valence-electron chi connectivity index (χ3n) is 3.10. The highest BCUT2D eigenvalue weighted by molar-refractivity contribution is 7.13. The molecule has 1 aromatic carbocycles. The molecule has 0 aliphatic rings. The van der Waals surface area contributed by atoms with Gasteiger partial charge in [-0.1, -0.05) is 32.0 Å². The summed E-state index contributed by atoms with van der Waals surface area (Å²) in [5.74, 6) is 1.22. The van der Waals surface area contributed by atoms with Gasteiger partial charge < -0.3 is 4.74 Å². The molecule has 1 heterocycles. The van der Waals surface area contributed by atoms with Crippen LogP contribution in [0.5, 0.6) is 5.75 Å². The zero-order chi connectivity index (χ0) is 14.7. The molecule has 2 rings (SSSR count). The molecule has 0 fully saturated rings. The summed E-state index contributed by atoms with van der Waals surface area (Å²) in [5.41, 5.74) is 2.00. The standard InChI is InChI=1S/C16H19NO2S/c1-10(2)15-16(11(3)18)20-14(17-15)9-12-7-5-6-8-13(12)19-4/h5-8,10H,9H2,1-4H3. The summed E-state index contributed by atoms with van der Waals surface area (Å²) < 4.78 is 5.36. The number of benzene rings is 1. The Hall–Kier alpha value is -1.68. The molecule has 0 aliphatic heterocycles. The summed E-state index contributed by atoms with van der Waals surface area (Å²) in [6, 6.07) is 7.91. The highest BCUT2D eigenvalue weighted by Gasteiger charge is 2.18. The lowest BCUT2D eigenvalue weighted by molar-refractivity contribution is 0.102. The maximum Gasteiger partial charge on any atom is 0.171 e. The topological polar surface area (TPSA) is 39.2 Å². The monoisotopic (exact) mass is 289 g/mol. The fourth-order valence-corrected chi connectivity index (χ4v) is 3.25. The van der Waals surface area contributed by atoms with Crippen LogP contribution in [0.1, 0.15) is 52.6 Å². The van der Waals surface area contributed by atoms with Crippen LogP contribution in [0.25, 0.3) is 0 Å². The van der Waals surface area contributed by atoms with Crippen molar-refractivity contribution in [1.82, 2.24) is 4.98 Å². The van der Waals surface area contributed by atoms with Crippen LogP contribution in [0, 0.1) is 0 Å². The molecule has 0 amide bonds. The second kappa shape index (κ2) is 6.18. The zero-order valence-corrected chi connectivity index (χ0v) is 13.1. The Morgan fingerprint density at radius 1 is 1.35 bits per heavy atom. The predicted octanol–water partition coefficient (Wildman–Crippen LogP) is 4.07. The number of ketones is 1. The lowest BCUT2D eigenvalue weighted by Crippen LogP contribution is -1.98. The normalized spacial score (nSPS) is 10.8. The van der Waals surface area contributed by atoms with E-state index in [9.17, 15) is 4.79 Å². The van der Waals surface area contributed by atoms with Crippen LogP contribution >= 0.6 is 11.3 Å². The molecule has 0 radical (unpaired) electrons. The van der Waals surface area contributed by atoms with Gasteiger partial charge in [0.25, 0.3) is 0 Å². The molecule has 0 aliphatic carbocycles. The first kappa shape index (κ1) is 14.7. The number of hydrogen-bond acceptors (Lipinski definition) is 4. The van der Waals surface area contributed by atoms with Crippen molar-refractivity contribution in [3.63, 3.8) is 0 Å². The molecular formula is C16H19NO2S. The lowest BCUT2D eigenvalue weighted by Gasteiger charge is -2.06. The van der Waals surface area contributed by atoms with Gasteiger partial charge in [0.1, 0.15) is 5.75 Å². The van der Waals surface area contributed by atoms with Crippen LogP contribution in [0.2, 0.25) is 0 Å². The molecule has 106 valence electrons. The van der Waals surface area contributed by atoms with Crippen molar-refractivity contribution < 1.29 is 9.53 Å². The van der Waals surface area contributed by atoms with Crippen molar-refractivity contribution in [3.8, 4) is 5.75 Å². The van der Waals surface area contributed by atoms with Gasteiger partial charge in [-0.15, -0.1) is 11.3 Å². The number of aromatic nitrogens is 1. The van der Waals surface area contributed by atoms with Gasteiger partial charge >= 0.3 is 0 Å². The van der Waals surface area contributed by atoms with E-state index in [0.717, 1.165) is 26.9 Å². The average Bonchev–Trinajstić information content (AvgIpc) is 2.84. The Balaban J connectivity index is 2.35. The first-order valence-electron chi connectivity index (χ1n) is 6.65. The van der Waals surface area contributed by atoms with Gasteiger partial charge in [0.15, 0.2) is 5.78 Å². The molecule has 0 atom stereocenters. The highest BCUT2D eigenvalue weighted by Crippen LogP contribution is 2.29. The summed E-state index contributed by atoms with van der Waals surface area (Å²) in [6.07, 6.45) is 0.696. The summed E-state index contributed by atoms with van der Waals surface area (Å²) in [4.78, 5) is 17.1. The fraction of sp³-hybridized carbons (Fsp3) is 0.375. The van der Waals surface area contributed by atoms with E-state index in [1.807, 2.05) is 24.3 Å². The van der Waals surface area contributed by atoms with E-state index in [2.05, 4.69) is 18.8 Å². The Morgan fingerprint density at radius 3 is 2.60 bits per heavy atom. The Kier molecular flexibility index (Phi) is 4.55. The summed E-state index contributed by atoms with van der Waals surface area (Å²) in [5, 5.41) is 0.961. The Bertz CT molecular complexity index is 617. The minimum atomic E-state index is 0.0949. The van der Waals surface area contributed by atoms with E-state index in [1.165, 1.54) is 11.3 Å². The van der Waals surface area contributed by atoms with Crippen LogP contribution in [0.15, 0.2) is 24.3 Å². The average molecular weight is 289 g/mol. The van der Waals surface area contributed by atoms with Crippen molar-refractivity contribution in [2.24, 2.45) is 0 Å². The van der Waals surface area contributed by atoms with Gasteiger partial charge in [-0.3, -0.25) is 4.79 Å². The van der Waals surface area contributed by atoms with Gasteiger partial charge in [-0.05, 0) is 12.0 Å². The molecule has 1 aromatic heterocycles. The minimum Gasteiger partial charge on any atom is -0.496 e. The van der Waals surface area contributed by atoms with Gasteiger partial charge in [0.2, 0.25) is 0 Å². The number of thiazole rings is 1.